The second kappa shape index (κ2) is 13.2. The number of benzene rings is 2. The minimum Gasteiger partial charge on any atom is -0.496 e. The summed E-state index contributed by atoms with van der Waals surface area (Å²) in [4.78, 5) is 41.7. The summed E-state index contributed by atoms with van der Waals surface area (Å²) in [6, 6.07) is 7.89. The third-order valence-corrected chi connectivity index (χ3v) is 8.07. The smallest absolute Gasteiger partial charge is 0.407 e. The Kier molecular flexibility index (Phi) is 10.3. The lowest BCUT2D eigenvalue weighted by molar-refractivity contribution is -0.152. The van der Waals surface area contributed by atoms with E-state index in [4.69, 9.17) is 18.9 Å². The molecule has 3 rings (SSSR count). The normalized spacial score (nSPS) is 19.4. The number of rotatable bonds is 11. The van der Waals surface area contributed by atoms with Gasteiger partial charge in [-0.25, -0.2) is 9.59 Å². The Hall–Kier alpha value is -3.85. The van der Waals surface area contributed by atoms with Gasteiger partial charge in [0.1, 0.15) is 23.4 Å². The standard InChI is InChI=1S/C34H46N2O7/c1-11-15-33(6,7)21-43-31(39)35-28(32(3,4)5)29(37)36-20-34(42-10,19-26(36)30(38)41-9)25-14-13-23-18-27(40-8)22(12-2)16-24(23)17-25/h11-14,16-18,26,28H,1-2,15,19-21H2,3-10H3,(H,35,39)/t26?,28-,34?/m1/s1. The van der Waals surface area contributed by atoms with Crippen LogP contribution in [0.5, 0.6) is 5.75 Å². The topological polar surface area (TPSA) is 103 Å². The fourth-order valence-corrected chi connectivity index (χ4v) is 5.52. The molecule has 0 aliphatic carbocycles. The third-order valence-electron chi connectivity index (χ3n) is 8.07. The van der Waals surface area contributed by atoms with Gasteiger partial charge in [-0.15, -0.1) is 6.58 Å². The Bertz CT molecular complexity index is 1380. The van der Waals surface area contributed by atoms with Gasteiger partial charge in [0.05, 0.1) is 27.4 Å². The quantitative estimate of drug-likeness (QED) is 0.257. The molecular weight excluding hydrogens is 548 g/mol. The second-order valence-electron chi connectivity index (χ2n) is 12.9. The van der Waals surface area contributed by atoms with E-state index >= 15 is 0 Å². The van der Waals surface area contributed by atoms with Crippen molar-refractivity contribution >= 4 is 34.8 Å². The Labute approximate surface area is 255 Å². The summed E-state index contributed by atoms with van der Waals surface area (Å²) < 4.78 is 22.2. The van der Waals surface area contributed by atoms with Crippen LogP contribution in [0.25, 0.3) is 16.8 Å². The molecule has 0 spiro atoms. The first kappa shape index (κ1) is 33.6. The van der Waals surface area contributed by atoms with E-state index in [1.165, 1.54) is 12.0 Å². The van der Waals surface area contributed by atoms with Gasteiger partial charge in [-0.05, 0) is 46.4 Å². The Morgan fingerprint density at radius 2 is 1.77 bits per heavy atom. The molecule has 0 saturated carbocycles. The largest absolute Gasteiger partial charge is 0.496 e. The van der Waals surface area contributed by atoms with Crippen LogP contribution in [-0.4, -0.2) is 69.4 Å². The molecule has 2 aromatic rings. The maximum Gasteiger partial charge on any atom is 0.407 e. The first-order chi connectivity index (χ1) is 20.1. The monoisotopic (exact) mass is 594 g/mol. The van der Waals surface area contributed by atoms with Crippen LogP contribution in [0.2, 0.25) is 0 Å². The number of carbonyl (C=O) groups is 3. The molecule has 2 amide bonds. The number of allylic oxidation sites excluding steroid dienone is 1. The van der Waals surface area contributed by atoms with E-state index in [1.54, 1.807) is 26.4 Å². The van der Waals surface area contributed by atoms with Gasteiger partial charge in [0, 0.05) is 24.5 Å². The van der Waals surface area contributed by atoms with Crippen molar-refractivity contribution in [2.45, 2.75) is 65.1 Å². The fraction of sp³-hybridized carbons (Fsp3) is 0.500. The lowest BCUT2D eigenvalue weighted by Crippen LogP contribution is -2.57. The lowest BCUT2D eigenvalue weighted by Gasteiger charge is -2.35. The predicted molar refractivity (Wildman–Crippen MR) is 168 cm³/mol. The second-order valence-corrected chi connectivity index (χ2v) is 12.9. The minimum atomic E-state index is -1.01. The van der Waals surface area contributed by atoms with E-state index in [-0.39, 0.29) is 25.0 Å². The lowest BCUT2D eigenvalue weighted by atomic mass is 9.85. The molecule has 2 unspecified atom stereocenters. The maximum absolute atomic E-state index is 14.2. The van der Waals surface area contributed by atoms with Gasteiger partial charge in [-0.1, -0.05) is 65.5 Å². The van der Waals surface area contributed by atoms with Crippen molar-refractivity contribution in [2.24, 2.45) is 10.8 Å². The van der Waals surface area contributed by atoms with Crippen molar-refractivity contribution in [3.63, 3.8) is 0 Å². The van der Waals surface area contributed by atoms with Gasteiger partial charge >= 0.3 is 12.1 Å². The molecule has 43 heavy (non-hydrogen) atoms. The van der Waals surface area contributed by atoms with Gasteiger partial charge in [-0.3, -0.25) is 4.79 Å². The average Bonchev–Trinajstić information content (AvgIpc) is 3.38. The van der Waals surface area contributed by atoms with Crippen molar-refractivity contribution < 1.29 is 33.3 Å². The molecule has 1 aliphatic rings. The van der Waals surface area contributed by atoms with Crippen LogP contribution in [-0.2, 0) is 29.4 Å². The summed E-state index contributed by atoms with van der Waals surface area (Å²) in [5.41, 5.74) is -0.367. The first-order valence-corrected chi connectivity index (χ1v) is 14.4. The molecule has 0 radical (unpaired) electrons. The highest BCUT2D eigenvalue weighted by atomic mass is 16.5. The number of amides is 2. The average molecular weight is 595 g/mol. The summed E-state index contributed by atoms with van der Waals surface area (Å²) in [6.07, 6.45) is 3.63. The highest BCUT2D eigenvalue weighted by Crippen LogP contribution is 2.42. The van der Waals surface area contributed by atoms with Crippen molar-refractivity contribution in [1.29, 1.82) is 0 Å². The predicted octanol–water partition coefficient (Wildman–Crippen LogP) is 5.85. The van der Waals surface area contributed by atoms with Crippen LogP contribution >= 0.6 is 0 Å². The van der Waals surface area contributed by atoms with E-state index in [0.717, 1.165) is 21.9 Å². The van der Waals surface area contributed by atoms with Crippen LogP contribution in [0.4, 0.5) is 4.79 Å². The molecule has 2 aromatic carbocycles. The summed E-state index contributed by atoms with van der Waals surface area (Å²) in [5.74, 6) is -0.277. The van der Waals surface area contributed by atoms with Crippen LogP contribution in [0.3, 0.4) is 0 Å². The SMILES string of the molecule is C=CCC(C)(C)COC(=O)N[C@H](C(=O)N1CC(OC)(c2ccc3cc(OC)c(C=C)cc3c2)CC1C(=O)OC)C(C)(C)C. The Morgan fingerprint density at radius 3 is 2.33 bits per heavy atom. The van der Waals surface area contributed by atoms with Crippen molar-refractivity contribution in [2.75, 3.05) is 34.5 Å². The zero-order chi connectivity index (χ0) is 32.2. The number of fused-ring (bicyclic) bond motifs is 1. The van der Waals surface area contributed by atoms with E-state index in [1.807, 2.05) is 65.0 Å². The van der Waals surface area contributed by atoms with Crippen LogP contribution in [0, 0.1) is 10.8 Å². The zero-order valence-electron chi connectivity index (χ0n) is 26.7. The summed E-state index contributed by atoms with van der Waals surface area (Å²) >= 11 is 0. The molecule has 9 nitrogen and oxygen atoms in total. The van der Waals surface area contributed by atoms with Crippen LogP contribution < -0.4 is 10.1 Å². The molecule has 9 heteroatoms. The minimum absolute atomic E-state index is 0.0771. The molecule has 1 aliphatic heterocycles. The van der Waals surface area contributed by atoms with Gasteiger partial charge in [0.25, 0.3) is 0 Å². The number of nitrogens with one attached hydrogen (secondary N) is 1. The highest BCUT2D eigenvalue weighted by molar-refractivity contribution is 5.92. The van der Waals surface area contributed by atoms with Crippen LogP contribution in [0.1, 0.15) is 58.6 Å². The molecule has 1 N–H and O–H groups in total. The van der Waals surface area contributed by atoms with Crippen molar-refractivity contribution in [3.05, 3.63) is 60.7 Å². The van der Waals surface area contributed by atoms with E-state index < -0.39 is 41.1 Å². The molecule has 3 atom stereocenters. The number of ether oxygens (including phenoxy) is 4. The molecule has 234 valence electrons. The zero-order valence-corrected chi connectivity index (χ0v) is 26.7. The number of esters is 1. The molecule has 1 fully saturated rings. The number of hydrogen-bond donors (Lipinski definition) is 1. The van der Waals surface area contributed by atoms with E-state index in [9.17, 15) is 14.4 Å². The number of nitrogens with zero attached hydrogens (tertiary/aromatic N) is 1. The highest BCUT2D eigenvalue weighted by Gasteiger charge is 2.53. The molecule has 1 saturated heterocycles. The number of carbonyl (C=O) groups excluding carboxylic acids is 3. The van der Waals surface area contributed by atoms with Crippen molar-refractivity contribution in [3.8, 4) is 5.75 Å². The molecule has 1 heterocycles. The molecule has 0 aromatic heterocycles. The number of hydrogen-bond acceptors (Lipinski definition) is 7. The van der Waals surface area contributed by atoms with Crippen molar-refractivity contribution in [1.82, 2.24) is 10.2 Å². The summed E-state index contributed by atoms with van der Waals surface area (Å²) in [7, 11) is 4.47. The van der Waals surface area contributed by atoms with Gasteiger partial charge < -0.3 is 29.2 Å². The molecule has 0 bridgehead atoms. The van der Waals surface area contributed by atoms with E-state index in [2.05, 4.69) is 18.5 Å². The molecular formula is C34H46N2O7. The maximum atomic E-state index is 14.2. The first-order valence-electron chi connectivity index (χ1n) is 14.4. The number of likely N-dealkylation sites (tertiary alicyclic amines) is 1. The summed E-state index contributed by atoms with van der Waals surface area (Å²) in [5, 5.41) is 4.66. The van der Waals surface area contributed by atoms with Crippen LogP contribution in [0.15, 0.2) is 49.6 Å². The third kappa shape index (κ3) is 7.39. The Balaban J connectivity index is 1.98. The van der Waals surface area contributed by atoms with Gasteiger partial charge in [-0.2, -0.15) is 0 Å². The fourth-order valence-electron chi connectivity index (χ4n) is 5.52. The number of alkyl carbamates (subject to hydrolysis) is 1. The summed E-state index contributed by atoms with van der Waals surface area (Å²) in [6.45, 7) is 17.3. The van der Waals surface area contributed by atoms with E-state index in [0.29, 0.717) is 12.2 Å². The number of methoxy groups -OCH3 is 3. The van der Waals surface area contributed by atoms with Gasteiger partial charge in [0.15, 0.2) is 0 Å². The van der Waals surface area contributed by atoms with Gasteiger partial charge in [0.2, 0.25) is 5.91 Å². The Morgan fingerprint density at radius 1 is 1.07 bits per heavy atom.